The fourth-order valence-electron chi connectivity index (χ4n) is 2.14. The first-order chi connectivity index (χ1) is 9.97. The van der Waals surface area contributed by atoms with Crippen LogP contribution in [-0.2, 0) is 0 Å². The Morgan fingerprint density at radius 1 is 1.14 bits per heavy atom. The third kappa shape index (κ3) is 3.51. The number of hydrogen-bond donors (Lipinski definition) is 1. The second-order valence-electron chi connectivity index (χ2n) is 4.40. The van der Waals surface area contributed by atoms with Gasteiger partial charge in [0.2, 0.25) is 0 Å². The van der Waals surface area contributed by atoms with Gasteiger partial charge in [0, 0.05) is 21.1 Å². The molecule has 21 heavy (non-hydrogen) atoms. The highest BCUT2D eigenvalue weighted by atomic mass is 79.9. The molecule has 0 aliphatic heterocycles. The average molecular weight is 393 g/mol. The first-order valence-corrected chi connectivity index (χ1v) is 7.68. The molecule has 0 radical (unpaired) electrons. The van der Waals surface area contributed by atoms with Gasteiger partial charge in [0.15, 0.2) is 0 Å². The monoisotopic (exact) mass is 391 g/mol. The van der Waals surface area contributed by atoms with Crippen LogP contribution in [-0.4, -0.2) is 14.2 Å². The molecule has 0 saturated carbocycles. The van der Waals surface area contributed by atoms with Crippen LogP contribution in [0.25, 0.3) is 0 Å². The summed E-state index contributed by atoms with van der Waals surface area (Å²) in [4.78, 5) is 0. The Bertz CT molecular complexity index is 666. The van der Waals surface area contributed by atoms with Gasteiger partial charge in [-0.2, -0.15) is 0 Å². The zero-order valence-electron chi connectivity index (χ0n) is 11.4. The van der Waals surface area contributed by atoms with Gasteiger partial charge in [0.1, 0.15) is 11.6 Å². The molecule has 1 unspecified atom stereocenters. The zero-order chi connectivity index (χ0) is 15.6. The Labute approximate surface area is 141 Å². The molecule has 0 fully saturated rings. The standard InChI is InChI=1S/C15H13BrCl2FNO/c1-20-15(10-5-8(16)3-4-13(10)19)9-6-12(18)14(21-2)7-11(9)17/h3-7,15,20H,1-2H3. The summed E-state index contributed by atoms with van der Waals surface area (Å²) in [6.07, 6.45) is 0. The van der Waals surface area contributed by atoms with Crippen molar-refractivity contribution in [3.05, 3.63) is 61.8 Å². The van der Waals surface area contributed by atoms with Crippen LogP contribution in [0.2, 0.25) is 10.0 Å². The molecule has 0 saturated heterocycles. The maximum Gasteiger partial charge on any atom is 0.138 e. The van der Waals surface area contributed by atoms with E-state index in [1.807, 2.05) is 0 Å². The number of benzene rings is 2. The number of nitrogens with one attached hydrogen (secondary N) is 1. The lowest BCUT2D eigenvalue weighted by Crippen LogP contribution is -2.19. The van der Waals surface area contributed by atoms with E-state index >= 15 is 0 Å². The van der Waals surface area contributed by atoms with Crippen LogP contribution in [0.1, 0.15) is 17.2 Å². The molecule has 0 amide bonds. The Balaban J connectivity index is 2.56. The molecule has 0 spiro atoms. The van der Waals surface area contributed by atoms with Gasteiger partial charge in [-0.25, -0.2) is 4.39 Å². The SMILES string of the molecule is CNC(c1cc(Br)ccc1F)c1cc(Cl)c(OC)cc1Cl. The molecule has 112 valence electrons. The summed E-state index contributed by atoms with van der Waals surface area (Å²) >= 11 is 15.8. The van der Waals surface area contributed by atoms with E-state index in [0.717, 1.165) is 4.47 Å². The van der Waals surface area contributed by atoms with E-state index in [9.17, 15) is 4.39 Å². The van der Waals surface area contributed by atoms with E-state index in [-0.39, 0.29) is 5.82 Å². The molecule has 2 rings (SSSR count). The van der Waals surface area contributed by atoms with Crippen molar-refractivity contribution in [2.45, 2.75) is 6.04 Å². The molecule has 0 bridgehead atoms. The van der Waals surface area contributed by atoms with Crippen molar-refractivity contribution in [3.63, 3.8) is 0 Å². The van der Waals surface area contributed by atoms with Gasteiger partial charge >= 0.3 is 0 Å². The fourth-order valence-corrected chi connectivity index (χ4v) is 3.03. The predicted octanol–water partition coefficient (Wildman–Crippen LogP) is 5.21. The van der Waals surface area contributed by atoms with Gasteiger partial charge in [-0.05, 0) is 36.9 Å². The zero-order valence-corrected chi connectivity index (χ0v) is 14.5. The van der Waals surface area contributed by atoms with Crippen molar-refractivity contribution < 1.29 is 9.13 Å². The van der Waals surface area contributed by atoms with E-state index in [1.165, 1.54) is 13.2 Å². The Morgan fingerprint density at radius 2 is 1.86 bits per heavy atom. The van der Waals surface area contributed by atoms with E-state index in [0.29, 0.717) is 26.9 Å². The molecule has 0 aliphatic carbocycles. The third-order valence-electron chi connectivity index (χ3n) is 3.14. The van der Waals surface area contributed by atoms with E-state index in [2.05, 4.69) is 21.2 Å². The van der Waals surface area contributed by atoms with Crippen LogP contribution >= 0.6 is 39.1 Å². The predicted molar refractivity (Wildman–Crippen MR) is 88.0 cm³/mol. The second-order valence-corrected chi connectivity index (χ2v) is 6.13. The minimum Gasteiger partial charge on any atom is -0.495 e. The van der Waals surface area contributed by atoms with Crippen LogP contribution in [0.5, 0.6) is 5.75 Å². The first kappa shape index (κ1) is 16.6. The van der Waals surface area contributed by atoms with Crippen molar-refractivity contribution in [1.82, 2.24) is 5.32 Å². The molecule has 2 aromatic carbocycles. The van der Waals surface area contributed by atoms with Crippen molar-refractivity contribution in [1.29, 1.82) is 0 Å². The Hall–Kier alpha value is -0.810. The maximum absolute atomic E-state index is 14.1. The van der Waals surface area contributed by atoms with Crippen LogP contribution in [0, 0.1) is 5.82 Å². The van der Waals surface area contributed by atoms with Gasteiger partial charge in [0.05, 0.1) is 18.2 Å². The lowest BCUT2D eigenvalue weighted by atomic mass is 9.98. The number of halogens is 4. The summed E-state index contributed by atoms with van der Waals surface area (Å²) in [5, 5.41) is 3.94. The smallest absolute Gasteiger partial charge is 0.138 e. The molecule has 1 atom stereocenters. The van der Waals surface area contributed by atoms with E-state index in [4.69, 9.17) is 27.9 Å². The van der Waals surface area contributed by atoms with Gasteiger partial charge in [-0.1, -0.05) is 39.1 Å². The molecule has 2 aromatic rings. The Kier molecular flexibility index (Phi) is 5.49. The topological polar surface area (TPSA) is 21.3 Å². The minimum absolute atomic E-state index is 0.319. The summed E-state index contributed by atoms with van der Waals surface area (Å²) in [6, 6.07) is 7.66. The lowest BCUT2D eigenvalue weighted by Gasteiger charge is -2.20. The van der Waals surface area contributed by atoms with Crippen molar-refractivity contribution >= 4 is 39.1 Å². The summed E-state index contributed by atoms with van der Waals surface area (Å²) < 4.78 is 20.0. The summed E-state index contributed by atoms with van der Waals surface area (Å²) in [6.45, 7) is 0. The molecular weight excluding hydrogens is 380 g/mol. The molecule has 0 heterocycles. The summed E-state index contributed by atoms with van der Waals surface area (Å²) in [7, 11) is 3.25. The largest absolute Gasteiger partial charge is 0.495 e. The lowest BCUT2D eigenvalue weighted by molar-refractivity contribution is 0.414. The summed E-state index contributed by atoms with van der Waals surface area (Å²) in [5.41, 5.74) is 1.16. The highest BCUT2D eigenvalue weighted by molar-refractivity contribution is 9.10. The van der Waals surface area contributed by atoms with E-state index in [1.54, 1.807) is 31.3 Å². The molecule has 0 aliphatic rings. The van der Waals surface area contributed by atoms with Crippen molar-refractivity contribution in [2.24, 2.45) is 0 Å². The van der Waals surface area contributed by atoms with Gasteiger partial charge in [-0.15, -0.1) is 0 Å². The van der Waals surface area contributed by atoms with Gasteiger partial charge < -0.3 is 10.1 Å². The first-order valence-electron chi connectivity index (χ1n) is 6.13. The molecule has 1 N–H and O–H groups in total. The van der Waals surface area contributed by atoms with Crippen molar-refractivity contribution in [3.8, 4) is 5.75 Å². The van der Waals surface area contributed by atoms with Crippen molar-refractivity contribution in [2.75, 3.05) is 14.2 Å². The van der Waals surface area contributed by atoms with E-state index < -0.39 is 6.04 Å². The second kappa shape index (κ2) is 6.97. The minimum atomic E-state index is -0.418. The number of ether oxygens (including phenoxy) is 1. The molecular formula is C15H13BrCl2FNO. The number of hydrogen-bond acceptors (Lipinski definition) is 2. The molecule has 2 nitrogen and oxygen atoms in total. The highest BCUT2D eigenvalue weighted by Crippen LogP contribution is 2.37. The average Bonchev–Trinajstić information content (AvgIpc) is 2.46. The van der Waals surface area contributed by atoms with Crippen LogP contribution in [0.3, 0.4) is 0 Å². The van der Waals surface area contributed by atoms with Crippen LogP contribution < -0.4 is 10.1 Å². The van der Waals surface area contributed by atoms with Crippen LogP contribution in [0.4, 0.5) is 4.39 Å². The van der Waals surface area contributed by atoms with Crippen LogP contribution in [0.15, 0.2) is 34.8 Å². The molecule has 0 aromatic heterocycles. The number of rotatable bonds is 4. The third-order valence-corrected chi connectivity index (χ3v) is 4.26. The van der Waals surface area contributed by atoms with Gasteiger partial charge in [0.25, 0.3) is 0 Å². The maximum atomic E-state index is 14.1. The van der Waals surface area contributed by atoms with Gasteiger partial charge in [-0.3, -0.25) is 0 Å². The molecule has 6 heteroatoms. The quantitative estimate of drug-likeness (QED) is 0.770. The fraction of sp³-hybridized carbons (Fsp3) is 0.200. The normalized spacial score (nSPS) is 12.3. The highest BCUT2D eigenvalue weighted by Gasteiger charge is 2.21. The summed E-state index contributed by atoms with van der Waals surface area (Å²) in [5.74, 6) is 0.163. The number of methoxy groups -OCH3 is 1. The Morgan fingerprint density at radius 3 is 2.48 bits per heavy atom.